The maximum Gasteiger partial charge on any atom is 0.277 e. The lowest BCUT2D eigenvalue weighted by Crippen LogP contribution is -2.35. The van der Waals surface area contributed by atoms with Crippen LogP contribution in [0.3, 0.4) is 0 Å². The molecule has 2 aliphatic rings. The first-order valence-electron chi connectivity index (χ1n) is 11.3. The van der Waals surface area contributed by atoms with Crippen molar-refractivity contribution in [2.24, 2.45) is 5.92 Å². The molecule has 1 aliphatic heterocycles. The van der Waals surface area contributed by atoms with E-state index in [0.29, 0.717) is 29.8 Å². The van der Waals surface area contributed by atoms with Gasteiger partial charge in [-0.1, -0.05) is 31.2 Å². The molecule has 0 atom stereocenters. The fourth-order valence-electron chi connectivity index (χ4n) is 3.84. The highest BCUT2D eigenvalue weighted by Crippen LogP contribution is 2.31. The highest BCUT2D eigenvalue weighted by molar-refractivity contribution is 7.99. The summed E-state index contributed by atoms with van der Waals surface area (Å²) in [7, 11) is -3.54. The molecule has 0 radical (unpaired) electrons. The zero-order chi connectivity index (χ0) is 22.6. The number of nitrogens with zero attached hydrogens (tertiary/aromatic N) is 4. The van der Waals surface area contributed by atoms with Gasteiger partial charge >= 0.3 is 0 Å². The van der Waals surface area contributed by atoms with Crippen molar-refractivity contribution in [3.05, 3.63) is 24.3 Å². The van der Waals surface area contributed by atoms with Gasteiger partial charge in [-0.3, -0.25) is 4.79 Å². The van der Waals surface area contributed by atoms with Crippen LogP contribution in [0.5, 0.6) is 0 Å². The fourth-order valence-corrected chi connectivity index (χ4v) is 6.07. The third-order valence-corrected chi connectivity index (χ3v) is 8.48. The van der Waals surface area contributed by atoms with Gasteiger partial charge in [-0.15, -0.1) is 10.2 Å². The van der Waals surface area contributed by atoms with Gasteiger partial charge in [0.15, 0.2) is 0 Å². The van der Waals surface area contributed by atoms with E-state index >= 15 is 0 Å². The molecule has 0 N–H and O–H groups in total. The van der Waals surface area contributed by atoms with Crippen LogP contribution in [-0.2, 0) is 14.8 Å². The molecular weight excluding hydrogens is 448 g/mol. The Morgan fingerprint density at radius 1 is 1.22 bits per heavy atom. The van der Waals surface area contributed by atoms with Gasteiger partial charge in [0.2, 0.25) is 21.8 Å². The third-order valence-electron chi connectivity index (χ3n) is 5.78. The van der Waals surface area contributed by atoms with E-state index < -0.39 is 10.0 Å². The average Bonchev–Trinajstić information content (AvgIpc) is 3.51. The molecule has 1 aliphatic carbocycles. The minimum absolute atomic E-state index is 0.0816. The Labute approximate surface area is 193 Å². The van der Waals surface area contributed by atoms with Crippen molar-refractivity contribution in [3.8, 4) is 11.5 Å². The molecule has 0 unspecified atom stereocenters. The monoisotopic (exact) mass is 478 g/mol. The number of piperidine rings is 1. The van der Waals surface area contributed by atoms with Gasteiger partial charge in [0.05, 0.1) is 10.6 Å². The Morgan fingerprint density at radius 2 is 2.00 bits per heavy atom. The number of sulfonamides is 1. The molecule has 2 heterocycles. The molecule has 1 aromatic carbocycles. The first-order chi connectivity index (χ1) is 15.5. The molecule has 1 amide bonds. The summed E-state index contributed by atoms with van der Waals surface area (Å²) in [5, 5.41) is 8.42. The van der Waals surface area contributed by atoms with Crippen LogP contribution in [0.4, 0.5) is 0 Å². The van der Waals surface area contributed by atoms with Crippen molar-refractivity contribution in [1.82, 2.24) is 19.4 Å². The molecule has 10 heteroatoms. The lowest BCUT2D eigenvalue weighted by molar-refractivity contribution is -0.128. The van der Waals surface area contributed by atoms with Crippen molar-refractivity contribution < 1.29 is 17.6 Å². The summed E-state index contributed by atoms with van der Waals surface area (Å²) in [6.07, 6.45) is 6.19. The van der Waals surface area contributed by atoms with Crippen LogP contribution in [-0.4, -0.2) is 65.7 Å². The number of carbonyl (C=O) groups excluding carboxylic acids is 1. The summed E-state index contributed by atoms with van der Waals surface area (Å²) in [4.78, 5) is 14.8. The minimum Gasteiger partial charge on any atom is -0.411 e. The first-order valence-corrected chi connectivity index (χ1v) is 13.7. The molecule has 174 valence electrons. The standard InChI is InChI=1S/C22H30N4O4S2/c1-2-11-25(15-17-9-10-17)20(27)16-31-22-24-23-21(30-22)18-7-6-8-19(14-18)32(28,29)26-12-4-3-5-13-26/h6-8,14,17H,2-5,9-13,15-16H2,1H3. The van der Waals surface area contributed by atoms with E-state index in [-0.39, 0.29) is 22.4 Å². The molecule has 8 nitrogen and oxygen atoms in total. The van der Waals surface area contributed by atoms with Crippen molar-refractivity contribution in [3.63, 3.8) is 0 Å². The van der Waals surface area contributed by atoms with Crippen LogP contribution < -0.4 is 0 Å². The Morgan fingerprint density at radius 3 is 2.72 bits per heavy atom. The van der Waals surface area contributed by atoms with Crippen LogP contribution in [0.2, 0.25) is 0 Å². The van der Waals surface area contributed by atoms with Gasteiger partial charge in [0.25, 0.3) is 5.22 Å². The number of benzene rings is 1. The summed E-state index contributed by atoms with van der Waals surface area (Å²) in [6, 6.07) is 6.62. The van der Waals surface area contributed by atoms with E-state index in [1.807, 2.05) is 4.90 Å². The van der Waals surface area contributed by atoms with Gasteiger partial charge in [0, 0.05) is 31.7 Å². The number of amides is 1. The van der Waals surface area contributed by atoms with E-state index in [9.17, 15) is 13.2 Å². The lowest BCUT2D eigenvalue weighted by atomic mass is 10.2. The summed E-state index contributed by atoms with van der Waals surface area (Å²) >= 11 is 1.22. The van der Waals surface area contributed by atoms with Crippen LogP contribution in [0.1, 0.15) is 45.4 Å². The lowest BCUT2D eigenvalue weighted by Gasteiger charge is -2.25. The molecule has 0 spiro atoms. The van der Waals surface area contributed by atoms with Gasteiger partial charge < -0.3 is 9.32 Å². The van der Waals surface area contributed by atoms with Crippen LogP contribution >= 0.6 is 11.8 Å². The topological polar surface area (TPSA) is 96.6 Å². The molecule has 1 aromatic heterocycles. The number of carbonyl (C=O) groups is 1. The predicted octanol–water partition coefficient (Wildman–Crippen LogP) is 3.65. The molecule has 0 bridgehead atoms. The number of hydrogen-bond acceptors (Lipinski definition) is 7. The molecule has 2 aromatic rings. The summed E-state index contributed by atoms with van der Waals surface area (Å²) in [5.41, 5.74) is 0.551. The van der Waals surface area contributed by atoms with E-state index in [1.54, 1.807) is 28.6 Å². The predicted molar refractivity (Wildman–Crippen MR) is 123 cm³/mol. The quantitative estimate of drug-likeness (QED) is 0.481. The number of aromatic nitrogens is 2. The van der Waals surface area contributed by atoms with Crippen molar-refractivity contribution in [1.29, 1.82) is 0 Å². The SMILES string of the molecule is CCCN(CC1CC1)C(=O)CSc1nnc(-c2cccc(S(=O)(=O)N3CCCCC3)c2)o1. The molecule has 1 saturated heterocycles. The van der Waals surface area contributed by atoms with E-state index in [2.05, 4.69) is 17.1 Å². The molecule has 32 heavy (non-hydrogen) atoms. The van der Waals surface area contributed by atoms with Crippen molar-refractivity contribution >= 4 is 27.7 Å². The van der Waals surface area contributed by atoms with Crippen molar-refractivity contribution in [2.45, 2.75) is 55.6 Å². The second-order valence-electron chi connectivity index (χ2n) is 8.44. The van der Waals surface area contributed by atoms with E-state index in [4.69, 9.17) is 4.42 Å². The Balaban J connectivity index is 1.41. The summed E-state index contributed by atoms with van der Waals surface area (Å²) < 4.78 is 33.2. The third kappa shape index (κ3) is 5.71. The van der Waals surface area contributed by atoms with E-state index in [0.717, 1.165) is 38.8 Å². The first kappa shape index (κ1) is 23.3. The van der Waals surface area contributed by atoms with Gasteiger partial charge in [0.1, 0.15) is 0 Å². The highest BCUT2D eigenvalue weighted by atomic mass is 32.2. The number of rotatable bonds is 10. The normalized spacial score (nSPS) is 17.4. The van der Waals surface area contributed by atoms with Crippen LogP contribution in [0.25, 0.3) is 11.5 Å². The summed E-state index contributed by atoms with van der Waals surface area (Å²) in [5.74, 6) is 1.23. The highest BCUT2D eigenvalue weighted by Gasteiger charge is 2.28. The molecule has 4 rings (SSSR count). The molecule has 2 fully saturated rings. The number of hydrogen-bond donors (Lipinski definition) is 0. The second kappa shape index (κ2) is 10.4. The minimum atomic E-state index is -3.54. The average molecular weight is 479 g/mol. The molecular formula is C22H30N4O4S2. The summed E-state index contributed by atoms with van der Waals surface area (Å²) in [6.45, 7) is 4.78. The smallest absolute Gasteiger partial charge is 0.277 e. The Kier molecular flexibility index (Phi) is 7.52. The fraction of sp³-hybridized carbons (Fsp3) is 0.591. The van der Waals surface area contributed by atoms with Gasteiger partial charge in [-0.25, -0.2) is 8.42 Å². The van der Waals surface area contributed by atoms with Crippen LogP contribution in [0, 0.1) is 5.92 Å². The zero-order valence-electron chi connectivity index (χ0n) is 18.4. The van der Waals surface area contributed by atoms with Crippen molar-refractivity contribution in [2.75, 3.05) is 31.9 Å². The second-order valence-corrected chi connectivity index (χ2v) is 11.3. The zero-order valence-corrected chi connectivity index (χ0v) is 20.0. The number of thioether (sulfide) groups is 1. The Hall–Kier alpha value is -1.91. The maximum absolute atomic E-state index is 13.0. The Bertz CT molecular complexity index is 1030. The van der Waals surface area contributed by atoms with E-state index in [1.165, 1.54) is 24.6 Å². The van der Waals surface area contributed by atoms with Crippen LogP contribution in [0.15, 0.2) is 38.8 Å². The molecule has 1 saturated carbocycles. The maximum atomic E-state index is 13.0. The largest absolute Gasteiger partial charge is 0.411 e. The van der Waals surface area contributed by atoms with Gasteiger partial charge in [-0.05, 0) is 56.2 Å². The van der Waals surface area contributed by atoms with Gasteiger partial charge in [-0.2, -0.15) is 4.31 Å².